The summed E-state index contributed by atoms with van der Waals surface area (Å²) in [5.41, 5.74) is 3.32. The van der Waals surface area contributed by atoms with Gasteiger partial charge >= 0.3 is 0 Å². The second kappa shape index (κ2) is 25.9. The first-order valence-electron chi connectivity index (χ1n) is 12.3. The first-order chi connectivity index (χ1) is 18.7. The fourth-order valence-corrected chi connectivity index (χ4v) is 2.97. The Bertz CT molecular complexity index is 1040. The van der Waals surface area contributed by atoms with Gasteiger partial charge in [-0.1, -0.05) is 37.1 Å². The number of nitrogens with one attached hydrogen (secondary N) is 3. The molecular formula is C27H42N6O5S. The molecule has 0 atom stereocenters. The van der Waals surface area contributed by atoms with E-state index in [2.05, 4.69) is 44.4 Å². The summed E-state index contributed by atoms with van der Waals surface area (Å²) in [6, 6.07) is 10.9. The molecule has 1 amide bonds. The molecule has 2 aromatic rings. The first kappa shape index (κ1) is 37.4. The van der Waals surface area contributed by atoms with E-state index in [1.807, 2.05) is 14.0 Å². The molecule has 216 valence electrons. The SMILES string of the molecule is C/C=N/Nc1ccc(C(=O)NCCCCCCNC)cn1.C=CCC=O.C=NC.O=S(=O)(O)c1ccccc1. The number of nitrogens with zero attached hydrogens (tertiary/aromatic N) is 3. The number of amides is 1. The van der Waals surface area contributed by atoms with Crippen molar-refractivity contribution in [3.63, 3.8) is 0 Å². The molecule has 2 rings (SSSR count). The number of hydrazone groups is 1. The fraction of sp³-hybridized carbons (Fsp3) is 0.370. The number of carbonyl (C=O) groups is 2. The lowest BCUT2D eigenvalue weighted by Gasteiger charge is -2.06. The molecule has 1 heterocycles. The van der Waals surface area contributed by atoms with Gasteiger partial charge in [0.05, 0.1) is 10.5 Å². The lowest BCUT2D eigenvalue weighted by atomic mass is 10.2. The van der Waals surface area contributed by atoms with Gasteiger partial charge < -0.3 is 20.4 Å². The van der Waals surface area contributed by atoms with Crippen molar-refractivity contribution in [1.82, 2.24) is 15.6 Å². The minimum atomic E-state index is -4.00. The van der Waals surface area contributed by atoms with Gasteiger partial charge in [0, 0.05) is 32.4 Å². The van der Waals surface area contributed by atoms with Crippen LogP contribution < -0.4 is 16.1 Å². The molecule has 0 spiro atoms. The van der Waals surface area contributed by atoms with Crippen molar-refractivity contribution >= 4 is 41.1 Å². The Balaban J connectivity index is 0. The minimum absolute atomic E-state index is 0.0741. The Morgan fingerprint density at radius 2 is 1.69 bits per heavy atom. The minimum Gasteiger partial charge on any atom is -0.352 e. The summed E-state index contributed by atoms with van der Waals surface area (Å²) >= 11 is 0. The third-order valence-corrected chi connectivity index (χ3v) is 5.14. The van der Waals surface area contributed by atoms with Crippen molar-refractivity contribution in [2.75, 3.05) is 32.6 Å². The van der Waals surface area contributed by atoms with E-state index in [0.717, 1.165) is 25.7 Å². The zero-order valence-electron chi connectivity index (χ0n) is 23.0. The van der Waals surface area contributed by atoms with Gasteiger partial charge in [0.25, 0.3) is 16.0 Å². The Labute approximate surface area is 232 Å². The van der Waals surface area contributed by atoms with Crippen molar-refractivity contribution in [3.05, 3.63) is 66.9 Å². The number of pyridine rings is 1. The Hall–Kier alpha value is -3.74. The lowest BCUT2D eigenvalue weighted by Crippen LogP contribution is -2.24. The van der Waals surface area contributed by atoms with Crippen molar-refractivity contribution in [3.8, 4) is 0 Å². The molecule has 0 radical (unpaired) electrons. The monoisotopic (exact) mass is 562 g/mol. The summed E-state index contributed by atoms with van der Waals surface area (Å²) in [7, 11) is -0.402. The van der Waals surface area contributed by atoms with Crippen LogP contribution in [0.3, 0.4) is 0 Å². The fourth-order valence-electron chi connectivity index (χ4n) is 2.47. The topological polar surface area (TPSA) is 162 Å². The van der Waals surface area contributed by atoms with E-state index in [1.165, 1.54) is 25.0 Å². The standard InChI is InChI=1S/C15H25N5O.C6H6O3S.C4H6O.C2H5N/c1-3-19-20-14-9-8-13(12-18-14)15(21)17-11-7-5-4-6-10-16-2;7-10(8,9)6-4-2-1-3-5-6;1-2-3-4-5;1-3-2/h3,8-9,12,16H,4-7,10-11H2,1-2H3,(H,17,21)(H,18,20);1-5H,(H,7,8,9);2,4H,1,3H2;1H2,2H3/b19-3+;;;. The van der Waals surface area contributed by atoms with Gasteiger partial charge in [-0.05, 0) is 64.3 Å². The van der Waals surface area contributed by atoms with Crippen LogP contribution in [0.4, 0.5) is 5.82 Å². The second-order valence-electron chi connectivity index (χ2n) is 7.50. The molecule has 0 saturated heterocycles. The van der Waals surface area contributed by atoms with Crippen LogP contribution in [0.15, 0.2) is 76.3 Å². The average Bonchev–Trinajstić information content (AvgIpc) is 2.93. The smallest absolute Gasteiger partial charge is 0.294 e. The summed E-state index contributed by atoms with van der Waals surface area (Å²) in [5, 5.41) is 9.90. The highest BCUT2D eigenvalue weighted by atomic mass is 32.2. The van der Waals surface area contributed by atoms with Crippen LogP contribution in [0.1, 0.15) is 49.4 Å². The highest BCUT2D eigenvalue weighted by Gasteiger charge is 2.06. The van der Waals surface area contributed by atoms with Gasteiger partial charge in [-0.25, -0.2) is 4.98 Å². The average molecular weight is 563 g/mol. The predicted octanol–water partition coefficient (Wildman–Crippen LogP) is 4.02. The van der Waals surface area contributed by atoms with Crippen molar-refractivity contribution < 1.29 is 22.6 Å². The molecule has 0 bridgehead atoms. The molecule has 0 unspecified atom stereocenters. The Morgan fingerprint density at radius 1 is 1.08 bits per heavy atom. The van der Waals surface area contributed by atoms with Gasteiger partial charge in [-0.2, -0.15) is 13.5 Å². The molecule has 1 aromatic heterocycles. The molecule has 4 N–H and O–H groups in total. The zero-order valence-corrected chi connectivity index (χ0v) is 23.9. The van der Waals surface area contributed by atoms with E-state index in [9.17, 15) is 18.0 Å². The number of carbonyl (C=O) groups excluding carboxylic acids is 2. The number of benzene rings is 1. The molecule has 39 heavy (non-hydrogen) atoms. The highest BCUT2D eigenvalue weighted by Crippen LogP contribution is 2.06. The van der Waals surface area contributed by atoms with Gasteiger partial charge in [0.15, 0.2) is 0 Å². The molecule has 12 heteroatoms. The van der Waals surface area contributed by atoms with Crippen LogP contribution in [0, 0.1) is 0 Å². The number of unbranched alkanes of at least 4 members (excludes halogenated alkanes) is 3. The largest absolute Gasteiger partial charge is 0.352 e. The maximum Gasteiger partial charge on any atom is 0.294 e. The van der Waals surface area contributed by atoms with Gasteiger partial charge in [-0.3, -0.25) is 14.8 Å². The van der Waals surface area contributed by atoms with Crippen LogP contribution in [0.25, 0.3) is 0 Å². The van der Waals surface area contributed by atoms with Crippen molar-refractivity contribution in [2.45, 2.75) is 43.9 Å². The Kier molecular flexibility index (Phi) is 24.8. The lowest BCUT2D eigenvalue weighted by molar-refractivity contribution is -0.107. The summed E-state index contributed by atoms with van der Waals surface area (Å²) in [4.78, 5) is 28.5. The van der Waals surface area contributed by atoms with E-state index in [0.29, 0.717) is 24.3 Å². The summed E-state index contributed by atoms with van der Waals surface area (Å²) in [6.45, 7) is 10.0. The summed E-state index contributed by atoms with van der Waals surface area (Å²) in [6.07, 6.45) is 10.6. The van der Waals surface area contributed by atoms with Crippen LogP contribution >= 0.6 is 0 Å². The van der Waals surface area contributed by atoms with Gasteiger partial charge in [0.2, 0.25) is 0 Å². The number of rotatable bonds is 13. The molecule has 11 nitrogen and oxygen atoms in total. The van der Waals surface area contributed by atoms with E-state index >= 15 is 0 Å². The number of anilines is 1. The van der Waals surface area contributed by atoms with E-state index in [-0.39, 0.29) is 10.8 Å². The van der Waals surface area contributed by atoms with Crippen molar-refractivity contribution in [1.29, 1.82) is 0 Å². The highest BCUT2D eigenvalue weighted by molar-refractivity contribution is 7.85. The molecule has 0 aliphatic carbocycles. The van der Waals surface area contributed by atoms with E-state index < -0.39 is 10.1 Å². The van der Waals surface area contributed by atoms with Crippen LogP contribution in [-0.2, 0) is 14.9 Å². The van der Waals surface area contributed by atoms with Crippen LogP contribution in [-0.4, -0.2) is 70.3 Å². The summed E-state index contributed by atoms with van der Waals surface area (Å²) < 4.78 is 29.2. The number of allylic oxidation sites excluding steroid dienone is 1. The number of aliphatic imine (C=N–C) groups is 1. The molecule has 0 fully saturated rings. The summed E-state index contributed by atoms with van der Waals surface area (Å²) in [5.74, 6) is 0.539. The van der Waals surface area contributed by atoms with E-state index in [4.69, 9.17) is 4.55 Å². The molecule has 0 aliphatic rings. The van der Waals surface area contributed by atoms with Gasteiger partial charge in [-0.15, -0.1) is 6.58 Å². The third kappa shape index (κ3) is 23.1. The molecule has 1 aromatic carbocycles. The normalized spacial score (nSPS) is 9.85. The Morgan fingerprint density at radius 3 is 2.10 bits per heavy atom. The van der Waals surface area contributed by atoms with Gasteiger partial charge in [0.1, 0.15) is 12.1 Å². The predicted molar refractivity (Wildman–Crippen MR) is 159 cm³/mol. The number of hydrogen-bond acceptors (Lipinski definition) is 9. The maximum atomic E-state index is 11.9. The van der Waals surface area contributed by atoms with E-state index in [1.54, 1.807) is 55.9 Å². The number of aldehydes is 1. The molecule has 0 saturated carbocycles. The second-order valence-corrected chi connectivity index (χ2v) is 8.92. The first-order valence-corrected chi connectivity index (χ1v) is 13.7. The number of aromatic nitrogens is 1. The number of hydrogen-bond donors (Lipinski definition) is 4. The molecular weight excluding hydrogens is 520 g/mol. The molecule has 0 aliphatic heterocycles. The maximum absolute atomic E-state index is 11.9. The third-order valence-electron chi connectivity index (χ3n) is 4.28. The quantitative estimate of drug-likeness (QED) is 0.0710. The van der Waals surface area contributed by atoms with Crippen LogP contribution in [0.5, 0.6) is 0 Å². The van der Waals surface area contributed by atoms with Crippen LogP contribution in [0.2, 0.25) is 0 Å². The zero-order chi connectivity index (χ0) is 29.8. The van der Waals surface area contributed by atoms with Crippen molar-refractivity contribution in [2.24, 2.45) is 10.1 Å².